The molecule has 1 amide bonds. The molecule has 1 aliphatic rings. The minimum Gasteiger partial charge on any atom is -0.488 e. The van der Waals surface area contributed by atoms with Gasteiger partial charge in [-0.15, -0.1) is 0 Å². The van der Waals surface area contributed by atoms with Crippen molar-refractivity contribution in [3.05, 3.63) is 53.5 Å². The van der Waals surface area contributed by atoms with Gasteiger partial charge in [0.1, 0.15) is 12.4 Å². The third-order valence-corrected chi connectivity index (χ3v) is 4.25. The smallest absolute Gasteiger partial charge is 0.255 e. The molecule has 0 spiro atoms. The maximum absolute atomic E-state index is 12.2. The number of ether oxygens (including phenoxy) is 1. The monoisotopic (exact) mass is 307 g/mol. The molecule has 2 rings (SSSR count). The summed E-state index contributed by atoms with van der Waals surface area (Å²) in [6, 6.07) is 6.32. The van der Waals surface area contributed by atoms with E-state index in [1.165, 1.54) is 6.08 Å². The van der Waals surface area contributed by atoms with Crippen molar-refractivity contribution in [3.63, 3.8) is 0 Å². The fraction of sp³-hybridized carbons (Fsp3) is 0.267. The van der Waals surface area contributed by atoms with Crippen LogP contribution >= 0.6 is 0 Å². The third-order valence-electron chi connectivity index (χ3n) is 2.85. The van der Waals surface area contributed by atoms with Gasteiger partial charge in [0.25, 0.3) is 5.91 Å². The van der Waals surface area contributed by atoms with E-state index in [1.54, 1.807) is 24.3 Å². The highest BCUT2D eigenvalue weighted by molar-refractivity contribution is 7.94. The predicted octanol–water partition coefficient (Wildman–Crippen LogP) is 1.68. The van der Waals surface area contributed by atoms with Gasteiger partial charge in [-0.25, -0.2) is 8.42 Å². The molecule has 1 aromatic rings. The molecule has 1 atom stereocenters. The second-order valence-electron chi connectivity index (χ2n) is 4.98. The van der Waals surface area contributed by atoms with Gasteiger partial charge in [0.05, 0.1) is 17.4 Å². The molecule has 0 saturated heterocycles. The minimum atomic E-state index is -3.19. The van der Waals surface area contributed by atoms with E-state index in [9.17, 15) is 13.2 Å². The molecule has 5 nitrogen and oxygen atoms in total. The summed E-state index contributed by atoms with van der Waals surface area (Å²) in [6.45, 7) is 5.89. The van der Waals surface area contributed by atoms with Crippen LogP contribution in [-0.4, -0.2) is 32.7 Å². The highest BCUT2D eigenvalue weighted by Crippen LogP contribution is 2.19. The number of carbonyl (C=O) groups excluding carboxylic acids is 1. The van der Waals surface area contributed by atoms with E-state index in [-0.39, 0.29) is 11.7 Å². The molecule has 1 N–H and O–H groups in total. The number of sulfone groups is 1. The largest absolute Gasteiger partial charge is 0.488 e. The van der Waals surface area contributed by atoms with Crippen molar-refractivity contribution >= 4 is 15.7 Å². The van der Waals surface area contributed by atoms with E-state index in [1.807, 2.05) is 6.92 Å². The normalized spacial score (nSPS) is 19.2. The molecule has 0 saturated carbocycles. The van der Waals surface area contributed by atoms with Crippen LogP contribution in [0.25, 0.3) is 0 Å². The Labute approximate surface area is 124 Å². The first-order chi connectivity index (χ1) is 9.87. The van der Waals surface area contributed by atoms with Gasteiger partial charge in [-0.05, 0) is 30.7 Å². The summed E-state index contributed by atoms with van der Waals surface area (Å²) < 4.78 is 28.2. The lowest BCUT2D eigenvalue weighted by molar-refractivity contribution is 0.0944. The van der Waals surface area contributed by atoms with E-state index in [4.69, 9.17) is 4.74 Å². The number of para-hydroxylation sites is 1. The molecule has 0 aromatic heterocycles. The van der Waals surface area contributed by atoms with E-state index in [2.05, 4.69) is 11.9 Å². The molecule has 0 unspecified atom stereocenters. The van der Waals surface area contributed by atoms with Crippen LogP contribution in [0.5, 0.6) is 5.75 Å². The van der Waals surface area contributed by atoms with Crippen LogP contribution in [0.2, 0.25) is 0 Å². The minimum absolute atomic E-state index is 0.104. The Kier molecular flexibility index (Phi) is 4.47. The second kappa shape index (κ2) is 6.13. The van der Waals surface area contributed by atoms with Crippen LogP contribution in [0, 0.1) is 0 Å². The van der Waals surface area contributed by atoms with Crippen LogP contribution in [0.4, 0.5) is 0 Å². The van der Waals surface area contributed by atoms with Gasteiger partial charge in [-0.2, -0.15) is 0 Å². The van der Waals surface area contributed by atoms with Crippen molar-refractivity contribution in [1.29, 1.82) is 0 Å². The van der Waals surface area contributed by atoms with Crippen molar-refractivity contribution in [2.45, 2.75) is 13.0 Å². The maximum Gasteiger partial charge on any atom is 0.255 e. The molecule has 1 heterocycles. The average molecular weight is 307 g/mol. The average Bonchev–Trinajstić information content (AvgIpc) is 2.75. The zero-order valence-electron chi connectivity index (χ0n) is 11.7. The van der Waals surface area contributed by atoms with Crippen LogP contribution in [0.15, 0.2) is 47.9 Å². The Morgan fingerprint density at radius 1 is 1.43 bits per heavy atom. The lowest BCUT2D eigenvalue weighted by atomic mass is 10.1. The molecule has 6 heteroatoms. The first-order valence-electron chi connectivity index (χ1n) is 6.45. The zero-order valence-corrected chi connectivity index (χ0v) is 12.5. The molecule has 112 valence electrons. The van der Waals surface area contributed by atoms with Crippen molar-refractivity contribution in [3.8, 4) is 5.75 Å². The molecule has 1 aliphatic heterocycles. The Hall–Kier alpha value is -2.08. The summed E-state index contributed by atoms with van der Waals surface area (Å²) in [5, 5.41) is 3.80. The van der Waals surface area contributed by atoms with Crippen molar-refractivity contribution < 1.29 is 17.9 Å². The summed E-state index contributed by atoms with van der Waals surface area (Å²) in [4.78, 5) is 12.2. The summed E-state index contributed by atoms with van der Waals surface area (Å²) in [5.74, 6) is -0.0185. The lowest BCUT2D eigenvalue weighted by Gasteiger charge is -2.13. The van der Waals surface area contributed by atoms with Crippen molar-refractivity contribution in [2.75, 3.05) is 12.4 Å². The van der Waals surface area contributed by atoms with Gasteiger partial charge in [0, 0.05) is 5.41 Å². The van der Waals surface area contributed by atoms with Gasteiger partial charge in [-0.1, -0.05) is 18.7 Å². The van der Waals surface area contributed by atoms with Crippen LogP contribution in [0.1, 0.15) is 17.3 Å². The van der Waals surface area contributed by atoms with Crippen LogP contribution < -0.4 is 10.1 Å². The van der Waals surface area contributed by atoms with Crippen LogP contribution in [0.3, 0.4) is 0 Å². The fourth-order valence-corrected chi connectivity index (χ4v) is 3.13. The fourth-order valence-electron chi connectivity index (χ4n) is 1.89. The van der Waals surface area contributed by atoms with Gasteiger partial charge in [0.15, 0.2) is 9.84 Å². The number of rotatable bonds is 5. The summed E-state index contributed by atoms with van der Waals surface area (Å²) in [5.41, 5.74) is 1.21. The number of benzene rings is 1. The lowest BCUT2D eigenvalue weighted by Crippen LogP contribution is -2.35. The first kappa shape index (κ1) is 15.3. The Morgan fingerprint density at radius 2 is 2.14 bits per heavy atom. The van der Waals surface area contributed by atoms with E-state index < -0.39 is 15.9 Å². The Balaban J connectivity index is 2.09. The maximum atomic E-state index is 12.2. The molecule has 1 aromatic carbocycles. The molecule has 0 aliphatic carbocycles. The molecule has 0 fully saturated rings. The van der Waals surface area contributed by atoms with Crippen molar-refractivity contribution in [2.24, 2.45) is 0 Å². The third kappa shape index (κ3) is 4.19. The zero-order chi connectivity index (χ0) is 15.5. The Bertz CT molecular complexity index is 691. The molecular weight excluding hydrogens is 290 g/mol. The number of hydrogen-bond acceptors (Lipinski definition) is 4. The van der Waals surface area contributed by atoms with Gasteiger partial charge >= 0.3 is 0 Å². The number of nitrogens with one attached hydrogen (secondary N) is 1. The Morgan fingerprint density at radius 3 is 2.76 bits per heavy atom. The highest BCUT2D eigenvalue weighted by Gasteiger charge is 2.24. The summed E-state index contributed by atoms with van der Waals surface area (Å²) in [7, 11) is -3.19. The SMILES string of the molecule is C=C(C)COc1ccccc1C(=O)N[C@H]1C=CS(=O)(=O)C1. The topological polar surface area (TPSA) is 72.5 Å². The molecule has 0 bridgehead atoms. The quantitative estimate of drug-likeness (QED) is 0.840. The first-order valence-corrected chi connectivity index (χ1v) is 8.17. The standard InChI is InChI=1S/C15H17NO4S/c1-11(2)9-20-14-6-4-3-5-13(14)15(17)16-12-7-8-21(18,19)10-12/h3-8,12H,1,9-10H2,2H3,(H,16,17)/t12-/m0/s1. The van der Waals surface area contributed by atoms with Crippen molar-refractivity contribution in [1.82, 2.24) is 5.32 Å². The van der Waals surface area contributed by atoms with Gasteiger partial charge < -0.3 is 10.1 Å². The van der Waals surface area contributed by atoms with Crippen LogP contribution in [-0.2, 0) is 9.84 Å². The van der Waals surface area contributed by atoms with E-state index in [0.717, 1.165) is 11.0 Å². The number of hydrogen-bond donors (Lipinski definition) is 1. The highest BCUT2D eigenvalue weighted by atomic mass is 32.2. The van der Waals surface area contributed by atoms with E-state index >= 15 is 0 Å². The number of amides is 1. The second-order valence-corrected chi connectivity index (χ2v) is 6.91. The number of carbonyl (C=O) groups is 1. The summed E-state index contributed by atoms with van der Waals surface area (Å²) >= 11 is 0. The van der Waals surface area contributed by atoms with Gasteiger partial charge in [0.2, 0.25) is 0 Å². The van der Waals surface area contributed by atoms with E-state index in [0.29, 0.717) is 17.9 Å². The molecule has 0 radical (unpaired) electrons. The molecular formula is C15H17NO4S. The van der Waals surface area contributed by atoms with Gasteiger partial charge in [-0.3, -0.25) is 4.79 Å². The predicted molar refractivity (Wildman–Crippen MR) is 80.9 cm³/mol. The summed E-state index contributed by atoms with van der Waals surface area (Å²) in [6.07, 6.45) is 1.48. The molecule has 21 heavy (non-hydrogen) atoms.